The van der Waals surface area contributed by atoms with Gasteiger partial charge in [-0.3, -0.25) is 4.79 Å². The van der Waals surface area contributed by atoms with Gasteiger partial charge in [-0.15, -0.1) is 34.4 Å². The number of hydrogen-bond donors (Lipinski definition) is 1. The Hall–Kier alpha value is -3.32. The number of halogens is 3. The Morgan fingerprint density at radius 2 is 1.28 bits per heavy atom. The molecule has 313 valence electrons. The quantitative estimate of drug-likeness (QED) is 0.0656. The number of thiophene rings is 1. The molecule has 3 aromatic carbocycles. The third-order valence-corrected chi connectivity index (χ3v) is 12.5. The predicted molar refractivity (Wildman–Crippen MR) is 232 cm³/mol. The van der Waals surface area contributed by atoms with E-state index in [9.17, 15) is 23.1 Å². The van der Waals surface area contributed by atoms with Gasteiger partial charge in [-0.1, -0.05) is 137 Å². The number of carbonyl (C=O) groups is 1. The first-order chi connectivity index (χ1) is 25.8. The molecule has 1 N–H and O–H groups in total. The second kappa shape index (κ2) is 18.3. The number of allylic oxidation sites excluding steroid dienone is 2. The average Bonchev–Trinajstić information content (AvgIpc) is 3.43. The molecule has 0 saturated heterocycles. The molecular formula is C49H63F3IrNO2S-. The van der Waals surface area contributed by atoms with Crippen LogP contribution in [-0.4, -0.2) is 17.1 Å². The topological polar surface area (TPSA) is 41.2 Å². The summed E-state index contributed by atoms with van der Waals surface area (Å²) in [5.74, 6) is 1.63. The minimum atomic E-state index is -4.29. The van der Waals surface area contributed by atoms with Crippen LogP contribution in [0.1, 0.15) is 107 Å². The van der Waals surface area contributed by atoms with E-state index in [-0.39, 0.29) is 55.3 Å². The molecular weight excluding hydrogens is 916 g/mol. The van der Waals surface area contributed by atoms with Gasteiger partial charge in [-0.25, -0.2) is 0 Å². The SMILES string of the molecule is CC(C)C(C(=O)/C=C(\O)C(C(C)C)C(C)C)C(C)C.[CH2-]c1c(-c2c3sc4c(CC(C)(C)C(F)(F)F)cccc4c3cc[n+]2[CH2-])cc(C(C)(C)C)c2ccccc12.[Ir]. The number of hydrogen-bond acceptors (Lipinski definition) is 3. The van der Waals surface area contributed by atoms with Gasteiger partial charge < -0.3 is 9.67 Å². The van der Waals surface area contributed by atoms with Crippen molar-refractivity contribution in [3.05, 3.63) is 103 Å². The van der Waals surface area contributed by atoms with Gasteiger partial charge in [-0.2, -0.15) is 25.7 Å². The van der Waals surface area contributed by atoms with Crippen molar-refractivity contribution in [1.29, 1.82) is 0 Å². The third-order valence-electron chi connectivity index (χ3n) is 11.2. The van der Waals surface area contributed by atoms with E-state index in [0.29, 0.717) is 29.2 Å². The number of pyridine rings is 1. The first kappa shape index (κ1) is 48.1. The number of nitrogens with zero attached hydrogens (tertiary/aromatic N) is 1. The van der Waals surface area contributed by atoms with Crippen molar-refractivity contribution >= 4 is 48.1 Å². The number of rotatable bonds is 10. The minimum Gasteiger partial charge on any atom is -0.512 e. The van der Waals surface area contributed by atoms with Gasteiger partial charge in [0, 0.05) is 54.5 Å². The van der Waals surface area contributed by atoms with Gasteiger partial charge >= 0.3 is 6.18 Å². The second-order valence-corrected chi connectivity index (χ2v) is 19.6. The second-order valence-electron chi connectivity index (χ2n) is 18.6. The van der Waals surface area contributed by atoms with Gasteiger partial charge in [0.1, 0.15) is 0 Å². The molecule has 0 saturated carbocycles. The summed E-state index contributed by atoms with van der Waals surface area (Å²) in [7, 11) is 4.29. The molecule has 5 aromatic rings. The van der Waals surface area contributed by atoms with E-state index in [4.69, 9.17) is 0 Å². The van der Waals surface area contributed by atoms with E-state index in [1.807, 2.05) is 41.1 Å². The number of ketones is 1. The Kier molecular flexibility index (Phi) is 15.4. The van der Waals surface area contributed by atoms with E-state index in [1.165, 1.54) is 30.9 Å². The van der Waals surface area contributed by atoms with Crippen molar-refractivity contribution in [3.8, 4) is 11.3 Å². The maximum atomic E-state index is 13.8. The van der Waals surface area contributed by atoms with E-state index < -0.39 is 11.6 Å². The van der Waals surface area contributed by atoms with E-state index in [0.717, 1.165) is 42.4 Å². The summed E-state index contributed by atoms with van der Waals surface area (Å²) in [4.78, 5) is 12.3. The van der Waals surface area contributed by atoms with Crippen molar-refractivity contribution < 1.29 is 47.7 Å². The number of alkyl halides is 3. The van der Waals surface area contributed by atoms with Crippen LogP contribution in [0.2, 0.25) is 0 Å². The summed E-state index contributed by atoms with van der Waals surface area (Å²) in [5, 5.41) is 14.5. The maximum absolute atomic E-state index is 13.8. The molecule has 1 radical (unpaired) electrons. The first-order valence-corrected chi connectivity index (χ1v) is 20.7. The van der Waals surface area contributed by atoms with Gasteiger partial charge in [0.15, 0.2) is 5.78 Å². The summed E-state index contributed by atoms with van der Waals surface area (Å²) in [5.41, 5.74) is 2.85. The fraction of sp³-hybridized carbons (Fsp3) is 0.469. The number of aliphatic hydroxyl groups excluding tert-OH is 1. The van der Waals surface area contributed by atoms with Crippen LogP contribution in [0.4, 0.5) is 13.2 Å². The zero-order valence-electron chi connectivity index (χ0n) is 36.1. The first-order valence-electron chi connectivity index (χ1n) is 19.9. The van der Waals surface area contributed by atoms with Crippen molar-refractivity contribution in [2.45, 2.75) is 108 Å². The Labute approximate surface area is 357 Å². The van der Waals surface area contributed by atoms with E-state index in [1.54, 1.807) is 11.3 Å². The largest absolute Gasteiger partial charge is 0.512 e. The van der Waals surface area contributed by atoms with Crippen LogP contribution in [-0.2, 0) is 36.7 Å². The molecule has 3 nitrogen and oxygen atoms in total. The Morgan fingerprint density at radius 1 is 0.772 bits per heavy atom. The molecule has 0 aliphatic heterocycles. The summed E-state index contributed by atoms with van der Waals surface area (Å²) in [6, 6.07) is 18.2. The van der Waals surface area contributed by atoms with Crippen molar-refractivity contribution in [2.75, 3.05) is 0 Å². The summed E-state index contributed by atoms with van der Waals surface area (Å²) < 4.78 is 45.0. The van der Waals surface area contributed by atoms with Gasteiger partial charge in [0.05, 0.1) is 23.1 Å². The van der Waals surface area contributed by atoms with Crippen LogP contribution >= 0.6 is 11.3 Å². The van der Waals surface area contributed by atoms with E-state index >= 15 is 0 Å². The molecule has 0 aliphatic carbocycles. The Bertz CT molecular complexity index is 2200. The van der Waals surface area contributed by atoms with Gasteiger partial charge in [-0.05, 0) is 57.9 Å². The molecule has 5 rings (SSSR count). The molecule has 2 aromatic heterocycles. The minimum absolute atomic E-state index is 0. The number of fused-ring (bicyclic) bond motifs is 4. The van der Waals surface area contributed by atoms with Crippen LogP contribution in [0.5, 0.6) is 0 Å². The van der Waals surface area contributed by atoms with Crippen LogP contribution in [0.25, 0.3) is 42.2 Å². The van der Waals surface area contributed by atoms with Crippen LogP contribution in [0.15, 0.2) is 72.6 Å². The molecule has 0 unspecified atom stereocenters. The number of benzene rings is 3. The van der Waals surface area contributed by atoms with Crippen LogP contribution < -0.4 is 4.57 Å². The van der Waals surface area contributed by atoms with Crippen molar-refractivity contribution in [1.82, 2.24) is 0 Å². The van der Waals surface area contributed by atoms with Crippen molar-refractivity contribution in [3.63, 3.8) is 0 Å². The predicted octanol–water partition coefficient (Wildman–Crippen LogP) is 14.3. The van der Waals surface area contributed by atoms with Crippen LogP contribution in [0.3, 0.4) is 0 Å². The van der Waals surface area contributed by atoms with Gasteiger partial charge in [0.25, 0.3) is 0 Å². The summed E-state index contributed by atoms with van der Waals surface area (Å²) in [6.45, 7) is 30.2. The standard InChI is InChI=1S/C32H31F3NS.C17H32O2.Ir/c1-19-21-12-8-9-13-22(21)26(30(2,3)4)17-25(19)27-29-24(15-16-36(27)7)23-14-10-11-20(28(23)37-29)18-31(5,6)32(33,34)35;1-10(2)16(11(3)4)14(18)9-15(19)17(12(5)6)13(7)8;/h8-17H,1,7,18H2,2-6H3;9-13,16-18H,1-8H3;/q-1;;/b;14-9-;. The number of carbonyl (C=O) groups excluding carboxylic acids is 1. The molecule has 0 spiro atoms. The molecule has 57 heavy (non-hydrogen) atoms. The average molecular weight is 979 g/mol. The molecule has 0 amide bonds. The summed E-state index contributed by atoms with van der Waals surface area (Å²) in [6.07, 6.45) is -0.952. The maximum Gasteiger partial charge on any atom is 0.394 e. The Morgan fingerprint density at radius 3 is 1.79 bits per heavy atom. The third kappa shape index (κ3) is 10.3. The molecule has 8 heteroatoms. The molecule has 2 heterocycles. The van der Waals surface area contributed by atoms with Crippen LogP contribution in [0, 0.1) is 54.9 Å². The number of aromatic nitrogens is 1. The van der Waals surface area contributed by atoms with E-state index in [2.05, 4.69) is 114 Å². The fourth-order valence-corrected chi connectivity index (χ4v) is 9.76. The Balaban J connectivity index is 0.000000372. The summed E-state index contributed by atoms with van der Waals surface area (Å²) >= 11 is 1.55. The molecule has 0 aliphatic rings. The number of aliphatic hydroxyl groups is 1. The fourth-order valence-electron chi connectivity index (χ4n) is 8.39. The zero-order chi connectivity index (χ0) is 42.2. The zero-order valence-corrected chi connectivity index (χ0v) is 39.3. The van der Waals surface area contributed by atoms with Gasteiger partial charge in [0.2, 0.25) is 0 Å². The molecule has 0 bridgehead atoms. The molecule has 0 atom stereocenters. The molecule has 0 fully saturated rings. The normalized spacial score (nSPS) is 13.1. The smallest absolute Gasteiger partial charge is 0.394 e. The monoisotopic (exact) mass is 979 g/mol. The van der Waals surface area contributed by atoms with Crippen molar-refractivity contribution in [2.24, 2.45) is 40.9 Å².